The van der Waals surface area contributed by atoms with Gasteiger partial charge in [0.2, 0.25) is 0 Å². The van der Waals surface area contributed by atoms with Gasteiger partial charge in [-0.1, -0.05) is 6.42 Å². The molecule has 0 aromatic rings. The molecule has 102 valence electrons. The van der Waals surface area contributed by atoms with Crippen molar-refractivity contribution >= 4 is 5.97 Å². The molecule has 3 fully saturated rings. The fourth-order valence-corrected chi connectivity index (χ4v) is 4.06. The molecule has 0 radical (unpaired) electrons. The summed E-state index contributed by atoms with van der Waals surface area (Å²) < 4.78 is 5.35. The predicted octanol–water partition coefficient (Wildman–Crippen LogP) is 1.60. The van der Waals surface area contributed by atoms with Gasteiger partial charge in [0.1, 0.15) is 5.41 Å². The number of carboxylic acids is 1. The number of fused-ring (bicyclic) bond motifs is 2. The zero-order valence-corrected chi connectivity index (χ0v) is 10.9. The summed E-state index contributed by atoms with van der Waals surface area (Å²) in [6.45, 7) is 3.90. The number of ether oxygens (including phenoxy) is 1. The highest BCUT2D eigenvalue weighted by molar-refractivity contribution is 5.75. The van der Waals surface area contributed by atoms with Crippen LogP contribution in [-0.4, -0.2) is 48.8 Å². The summed E-state index contributed by atoms with van der Waals surface area (Å²) in [5.41, 5.74) is -0.633. The summed E-state index contributed by atoms with van der Waals surface area (Å²) in [6, 6.07) is 0. The van der Waals surface area contributed by atoms with E-state index in [0.717, 1.165) is 24.9 Å². The van der Waals surface area contributed by atoms with Gasteiger partial charge in [0.25, 0.3) is 0 Å². The van der Waals surface area contributed by atoms with E-state index in [-0.39, 0.29) is 0 Å². The number of piperidine rings is 1. The molecule has 2 bridgehead atoms. The topological polar surface area (TPSA) is 49.8 Å². The van der Waals surface area contributed by atoms with Crippen molar-refractivity contribution in [3.63, 3.8) is 0 Å². The van der Waals surface area contributed by atoms with Crippen molar-refractivity contribution in [3.05, 3.63) is 0 Å². The Labute approximate surface area is 108 Å². The fraction of sp³-hybridized carbons (Fsp3) is 0.929. The lowest BCUT2D eigenvalue weighted by molar-refractivity contribution is -0.150. The third-order valence-corrected chi connectivity index (χ3v) is 5.01. The fourth-order valence-electron chi connectivity index (χ4n) is 4.06. The monoisotopic (exact) mass is 253 g/mol. The minimum Gasteiger partial charge on any atom is -0.481 e. The average Bonchev–Trinajstić information content (AvgIpc) is 2.78. The molecule has 1 saturated carbocycles. The van der Waals surface area contributed by atoms with Gasteiger partial charge in [-0.15, -0.1) is 0 Å². The summed E-state index contributed by atoms with van der Waals surface area (Å²) in [4.78, 5) is 13.9. The molecule has 4 nitrogen and oxygen atoms in total. The molecule has 2 aliphatic heterocycles. The minimum atomic E-state index is -0.671. The number of carboxylic acid groups (broad SMARTS) is 1. The first-order valence-electron chi connectivity index (χ1n) is 7.21. The van der Waals surface area contributed by atoms with Crippen LogP contribution in [0, 0.1) is 17.3 Å². The highest BCUT2D eigenvalue weighted by atomic mass is 16.5. The molecule has 2 heterocycles. The van der Waals surface area contributed by atoms with Crippen LogP contribution in [0.5, 0.6) is 0 Å². The normalized spacial score (nSPS) is 40.9. The molecule has 0 aromatic carbocycles. The maximum absolute atomic E-state index is 11.5. The van der Waals surface area contributed by atoms with E-state index in [1.54, 1.807) is 0 Å². The number of aliphatic carboxylic acids is 1. The zero-order chi connectivity index (χ0) is 12.6. The molecule has 3 atom stereocenters. The Kier molecular flexibility index (Phi) is 3.32. The van der Waals surface area contributed by atoms with Crippen LogP contribution >= 0.6 is 0 Å². The predicted molar refractivity (Wildman–Crippen MR) is 67.4 cm³/mol. The van der Waals surface area contributed by atoms with Crippen molar-refractivity contribution < 1.29 is 14.6 Å². The second-order valence-corrected chi connectivity index (χ2v) is 6.48. The first-order chi connectivity index (χ1) is 8.68. The molecular formula is C14H23NO3. The highest BCUT2D eigenvalue weighted by Crippen LogP contribution is 2.37. The van der Waals surface area contributed by atoms with Gasteiger partial charge in [-0.05, 0) is 37.5 Å². The van der Waals surface area contributed by atoms with Crippen molar-refractivity contribution in [2.24, 2.45) is 17.3 Å². The summed E-state index contributed by atoms with van der Waals surface area (Å²) in [5, 5.41) is 9.49. The van der Waals surface area contributed by atoms with Gasteiger partial charge >= 0.3 is 5.97 Å². The van der Waals surface area contributed by atoms with Crippen molar-refractivity contribution in [3.8, 4) is 0 Å². The van der Waals surface area contributed by atoms with E-state index in [1.807, 2.05) is 0 Å². The van der Waals surface area contributed by atoms with E-state index in [1.165, 1.54) is 25.7 Å². The van der Waals surface area contributed by atoms with E-state index in [4.69, 9.17) is 4.74 Å². The van der Waals surface area contributed by atoms with E-state index in [2.05, 4.69) is 4.90 Å². The number of hydrogen-bond acceptors (Lipinski definition) is 3. The van der Waals surface area contributed by atoms with Gasteiger partial charge in [0, 0.05) is 26.2 Å². The summed E-state index contributed by atoms with van der Waals surface area (Å²) in [5.74, 6) is 0.951. The van der Waals surface area contributed by atoms with Gasteiger partial charge in [0.15, 0.2) is 0 Å². The Morgan fingerprint density at radius 1 is 1.33 bits per heavy atom. The molecule has 1 aliphatic carbocycles. The third kappa shape index (κ3) is 2.28. The Bertz CT molecular complexity index is 313. The number of hydrogen-bond donors (Lipinski definition) is 1. The summed E-state index contributed by atoms with van der Waals surface area (Å²) in [6.07, 6.45) is 6.09. The molecule has 2 saturated heterocycles. The van der Waals surface area contributed by atoms with Gasteiger partial charge in [0.05, 0.1) is 6.61 Å². The lowest BCUT2D eigenvalue weighted by Gasteiger charge is -2.43. The Balaban J connectivity index is 1.66. The van der Waals surface area contributed by atoms with Crippen LogP contribution in [-0.2, 0) is 9.53 Å². The molecule has 0 aromatic heterocycles. The van der Waals surface area contributed by atoms with Gasteiger partial charge in [-0.2, -0.15) is 0 Å². The van der Waals surface area contributed by atoms with Crippen molar-refractivity contribution in [2.75, 3.05) is 32.8 Å². The van der Waals surface area contributed by atoms with Crippen LogP contribution in [0.15, 0.2) is 0 Å². The molecule has 0 amide bonds. The van der Waals surface area contributed by atoms with Gasteiger partial charge in [-0.3, -0.25) is 4.79 Å². The number of rotatable bonds is 3. The van der Waals surface area contributed by atoms with Crippen LogP contribution in [0.3, 0.4) is 0 Å². The van der Waals surface area contributed by atoms with Crippen molar-refractivity contribution in [2.45, 2.75) is 32.1 Å². The van der Waals surface area contributed by atoms with Crippen LogP contribution in [0.1, 0.15) is 32.1 Å². The smallest absolute Gasteiger partial charge is 0.313 e. The van der Waals surface area contributed by atoms with Gasteiger partial charge in [-0.25, -0.2) is 0 Å². The first-order valence-corrected chi connectivity index (χ1v) is 7.21. The molecular weight excluding hydrogens is 230 g/mol. The number of nitrogens with zero attached hydrogens (tertiary/aromatic N) is 1. The lowest BCUT2D eigenvalue weighted by Crippen LogP contribution is -2.50. The van der Waals surface area contributed by atoms with E-state index in [0.29, 0.717) is 26.2 Å². The maximum atomic E-state index is 11.5. The average molecular weight is 253 g/mol. The van der Waals surface area contributed by atoms with E-state index >= 15 is 0 Å². The van der Waals surface area contributed by atoms with Crippen LogP contribution in [0.25, 0.3) is 0 Å². The molecule has 0 spiro atoms. The number of likely N-dealkylation sites (tertiary alicyclic amines) is 1. The Morgan fingerprint density at radius 3 is 2.61 bits per heavy atom. The SMILES string of the molecule is O=C(O)C1(CN2CC3CCCC(C3)C2)CCOC1. The van der Waals surface area contributed by atoms with E-state index < -0.39 is 11.4 Å². The van der Waals surface area contributed by atoms with Crippen LogP contribution in [0.4, 0.5) is 0 Å². The van der Waals surface area contributed by atoms with Crippen molar-refractivity contribution in [1.82, 2.24) is 4.90 Å². The molecule has 1 N–H and O–H groups in total. The second-order valence-electron chi connectivity index (χ2n) is 6.48. The quantitative estimate of drug-likeness (QED) is 0.830. The first kappa shape index (κ1) is 12.4. The van der Waals surface area contributed by atoms with Gasteiger partial charge < -0.3 is 14.7 Å². The minimum absolute atomic E-state index is 0.397. The lowest BCUT2D eigenvalue weighted by atomic mass is 9.76. The molecule has 3 aliphatic rings. The Morgan fingerprint density at radius 2 is 2.06 bits per heavy atom. The molecule has 3 rings (SSSR count). The van der Waals surface area contributed by atoms with Crippen LogP contribution in [0.2, 0.25) is 0 Å². The second kappa shape index (κ2) is 4.82. The largest absolute Gasteiger partial charge is 0.481 e. The zero-order valence-electron chi connectivity index (χ0n) is 10.9. The highest BCUT2D eigenvalue weighted by Gasteiger charge is 2.45. The molecule has 4 heteroatoms. The molecule has 18 heavy (non-hydrogen) atoms. The van der Waals surface area contributed by atoms with E-state index in [9.17, 15) is 9.90 Å². The standard InChI is InChI=1S/C14H23NO3/c16-13(17)14(4-5-18-10-14)9-15-7-11-2-1-3-12(6-11)8-15/h11-12H,1-10H2,(H,16,17). The molecule has 3 unspecified atom stereocenters. The Hall–Kier alpha value is -0.610. The third-order valence-electron chi connectivity index (χ3n) is 5.01. The summed E-state index contributed by atoms with van der Waals surface area (Å²) in [7, 11) is 0. The van der Waals surface area contributed by atoms with Crippen molar-refractivity contribution in [1.29, 1.82) is 0 Å². The summed E-state index contributed by atoms with van der Waals surface area (Å²) >= 11 is 0. The number of carbonyl (C=O) groups is 1. The maximum Gasteiger partial charge on any atom is 0.313 e. The van der Waals surface area contributed by atoms with Crippen LogP contribution < -0.4 is 0 Å².